The Hall–Kier alpha value is -9.40. The summed E-state index contributed by atoms with van der Waals surface area (Å²) in [6.45, 7) is 0. The third-order valence-electron chi connectivity index (χ3n) is 12.4. The quantitative estimate of drug-likeness (QED) is 0.113. The highest BCUT2D eigenvalue weighted by atomic mass is 15.2. The van der Waals surface area contributed by atoms with Crippen LogP contribution in [0.4, 0.5) is 68.2 Å². The largest absolute Gasteiger partial charge is 0.308 e. The minimum absolute atomic E-state index is 0.937. The summed E-state index contributed by atoms with van der Waals surface area (Å²) < 4.78 is 0. The molecule has 0 N–H and O–H groups in total. The van der Waals surface area contributed by atoms with Gasteiger partial charge < -0.3 is 19.6 Å². The number of para-hydroxylation sites is 4. The van der Waals surface area contributed by atoms with Crippen molar-refractivity contribution in [1.82, 2.24) is 19.9 Å². The molecule has 8 aromatic carbocycles. The van der Waals surface area contributed by atoms with Crippen LogP contribution in [0.5, 0.6) is 0 Å². The van der Waals surface area contributed by atoms with Gasteiger partial charge >= 0.3 is 0 Å². The van der Waals surface area contributed by atoms with E-state index in [0.717, 1.165) is 101 Å². The number of aromatic nitrogens is 4. The summed E-state index contributed by atoms with van der Waals surface area (Å²) in [5.74, 6) is 0. The molecule has 12 aromatic rings. The molecule has 0 atom stereocenters. The molecule has 0 spiro atoms. The average Bonchev–Trinajstić information content (AvgIpc) is 3.42. The molecule has 0 fully saturated rings. The van der Waals surface area contributed by atoms with E-state index in [0.29, 0.717) is 0 Å². The first-order chi connectivity index (χ1) is 33.8. The van der Waals surface area contributed by atoms with Crippen LogP contribution in [0.15, 0.2) is 256 Å². The first-order valence-electron chi connectivity index (χ1n) is 22.6. The molecule has 12 rings (SSSR count). The highest BCUT2D eigenvalue weighted by Gasteiger charge is 2.29. The van der Waals surface area contributed by atoms with E-state index in [4.69, 9.17) is 0 Å². The highest BCUT2D eigenvalue weighted by Crippen LogP contribution is 2.54. The Morgan fingerprint density at radius 2 is 0.441 bits per heavy atom. The van der Waals surface area contributed by atoms with Crippen molar-refractivity contribution in [2.45, 2.75) is 0 Å². The third kappa shape index (κ3) is 7.13. The Bertz CT molecular complexity index is 2970. The second-order valence-corrected chi connectivity index (χ2v) is 16.4. The Morgan fingerprint density at radius 1 is 0.221 bits per heavy atom. The van der Waals surface area contributed by atoms with Crippen molar-refractivity contribution in [2.75, 3.05) is 19.6 Å². The third-order valence-corrected chi connectivity index (χ3v) is 12.4. The van der Waals surface area contributed by atoms with Gasteiger partial charge in [-0.15, -0.1) is 0 Å². The Balaban J connectivity index is 1.28. The van der Waals surface area contributed by atoms with Gasteiger partial charge in [0, 0.05) is 79.9 Å². The lowest BCUT2D eigenvalue weighted by molar-refractivity contribution is 1.22. The normalized spacial score (nSPS) is 11.2. The fourth-order valence-electron chi connectivity index (χ4n) is 9.62. The minimum Gasteiger partial charge on any atom is -0.308 e. The number of hydrogen-bond donors (Lipinski definition) is 0. The van der Waals surface area contributed by atoms with Gasteiger partial charge in [0.1, 0.15) is 0 Å². The molecule has 0 aliphatic carbocycles. The number of nitrogens with zero attached hydrogens (tertiary/aromatic N) is 8. The van der Waals surface area contributed by atoms with Crippen LogP contribution in [-0.4, -0.2) is 19.9 Å². The molecule has 4 aromatic heterocycles. The zero-order valence-corrected chi connectivity index (χ0v) is 36.8. The molecule has 322 valence electrons. The highest BCUT2D eigenvalue weighted by molar-refractivity contribution is 6.33. The smallest absolute Gasteiger partial charge is 0.0645 e. The first kappa shape index (κ1) is 40.1. The predicted molar refractivity (Wildman–Crippen MR) is 280 cm³/mol. The zero-order chi connectivity index (χ0) is 45.2. The summed E-state index contributed by atoms with van der Waals surface area (Å²) >= 11 is 0. The molecule has 0 saturated heterocycles. The van der Waals surface area contributed by atoms with E-state index in [1.807, 2.05) is 73.8 Å². The maximum atomic E-state index is 4.67. The van der Waals surface area contributed by atoms with Crippen LogP contribution < -0.4 is 19.6 Å². The predicted octanol–water partition coefficient (Wildman–Crippen LogP) is 16.0. The van der Waals surface area contributed by atoms with E-state index in [9.17, 15) is 0 Å². The van der Waals surface area contributed by atoms with Crippen molar-refractivity contribution in [2.24, 2.45) is 0 Å². The monoisotopic (exact) mass is 874 g/mol. The van der Waals surface area contributed by atoms with Crippen molar-refractivity contribution in [1.29, 1.82) is 0 Å². The van der Waals surface area contributed by atoms with Gasteiger partial charge in [-0.2, -0.15) is 0 Å². The van der Waals surface area contributed by atoms with Crippen molar-refractivity contribution >= 4 is 101 Å². The topological polar surface area (TPSA) is 64.5 Å². The Morgan fingerprint density at radius 3 is 0.647 bits per heavy atom. The van der Waals surface area contributed by atoms with Crippen LogP contribution in [-0.2, 0) is 0 Å². The number of anilines is 12. The molecule has 0 unspecified atom stereocenters. The summed E-state index contributed by atoms with van der Waals surface area (Å²) in [6, 6.07) is 72.6. The Labute approximate surface area is 394 Å². The van der Waals surface area contributed by atoms with Gasteiger partial charge in [-0.05, 0) is 109 Å². The Kier molecular flexibility index (Phi) is 10.3. The summed E-state index contributed by atoms with van der Waals surface area (Å²) in [5.41, 5.74) is 11.8. The fourth-order valence-corrected chi connectivity index (χ4v) is 9.62. The first-order valence-corrected chi connectivity index (χ1v) is 22.6. The number of pyridine rings is 4. The molecular formula is C60H42N8. The van der Waals surface area contributed by atoms with Crippen molar-refractivity contribution in [3.05, 3.63) is 256 Å². The molecule has 4 heterocycles. The molecule has 8 nitrogen and oxygen atoms in total. The van der Waals surface area contributed by atoms with Crippen LogP contribution >= 0.6 is 0 Å². The van der Waals surface area contributed by atoms with Crippen LogP contribution in [0.25, 0.3) is 32.3 Å². The van der Waals surface area contributed by atoms with Gasteiger partial charge in [0.25, 0.3) is 0 Å². The lowest BCUT2D eigenvalue weighted by Crippen LogP contribution is -2.16. The number of hydrogen-bond acceptors (Lipinski definition) is 8. The fraction of sp³-hybridized carbons (Fsp3) is 0. The minimum atomic E-state index is 0.937. The SMILES string of the molecule is c1ccc(N(c2cccnc2)c2cc(N(c3ccccc3)c3cccnc3)c3ccc4c(N(c5ccccc5)c5cccnc5)cc(N(c5ccccc5)c5cccnc5)c5ccc2c3c54)cc1. The van der Waals surface area contributed by atoms with Crippen LogP contribution in [0.3, 0.4) is 0 Å². The summed E-state index contributed by atoms with van der Waals surface area (Å²) in [6.07, 6.45) is 15.1. The van der Waals surface area contributed by atoms with E-state index in [1.54, 1.807) is 0 Å². The van der Waals surface area contributed by atoms with Gasteiger partial charge in [-0.1, -0.05) is 97.1 Å². The van der Waals surface area contributed by atoms with Gasteiger partial charge in [0.15, 0.2) is 0 Å². The number of rotatable bonds is 12. The van der Waals surface area contributed by atoms with E-state index < -0.39 is 0 Å². The maximum absolute atomic E-state index is 4.67. The molecule has 0 aliphatic heterocycles. The zero-order valence-electron chi connectivity index (χ0n) is 36.8. The van der Waals surface area contributed by atoms with E-state index in [1.165, 1.54) is 0 Å². The molecule has 0 aliphatic rings. The molecule has 0 amide bonds. The second-order valence-electron chi connectivity index (χ2n) is 16.4. The molecular weight excluding hydrogens is 833 g/mol. The molecule has 0 radical (unpaired) electrons. The van der Waals surface area contributed by atoms with Crippen LogP contribution in [0.1, 0.15) is 0 Å². The molecule has 0 saturated carbocycles. The van der Waals surface area contributed by atoms with Gasteiger partial charge in [-0.3, -0.25) is 19.9 Å². The van der Waals surface area contributed by atoms with E-state index in [2.05, 4.69) is 222 Å². The van der Waals surface area contributed by atoms with Gasteiger partial charge in [-0.25, -0.2) is 0 Å². The molecule has 0 bridgehead atoms. The lowest BCUT2D eigenvalue weighted by atomic mass is 9.89. The van der Waals surface area contributed by atoms with E-state index >= 15 is 0 Å². The molecule has 68 heavy (non-hydrogen) atoms. The summed E-state index contributed by atoms with van der Waals surface area (Å²) in [7, 11) is 0. The van der Waals surface area contributed by atoms with Gasteiger partial charge in [0.2, 0.25) is 0 Å². The second kappa shape index (κ2) is 17.5. The summed E-state index contributed by atoms with van der Waals surface area (Å²) in [4.78, 5) is 28.0. The number of benzene rings is 8. The summed E-state index contributed by atoms with van der Waals surface area (Å²) in [5, 5.41) is 6.55. The standard InChI is InChI=1S/C60H42N8/c1-5-17-43(18-6-1)65(47-25-13-33-61-39-47)55-37-56(66(44-19-7-2-8-20-44)48-26-14-34-62-40-48)52-31-32-54-58(68(46-23-11-4-12-24-46)50-28-16-36-64-42-50)38-57(53-30-29-51(55)59(52)60(53)54)67(45-21-9-3-10-22-45)49-27-15-35-63-41-49/h1-42H. The average molecular weight is 875 g/mol. The van der Waals surface area contributed by atoms with Crippen LogP contribution in [0, 0.1) is 0 Å². The van der Waals surface area contributed by atoms with Gasteiger partial charge in [0.05, 0.1) is 70.3 Å². The van der Waals surface area contributed by atoms with E-state index in [-0.39, 0.29) is 0 Å². The van der Waals surface area contributed by atoms with Crippen molar-refractivity contribution < 1.29 is 0 Å². The molecule has 8 heteroatoms. The van der Waals surface area contributed by atoms with Crippen molar-refractivity contribution in [3.63, 3.8) is 0 Å². The maximum Gasteiger partial charge on any atom is 0.0645 e. The van der Waals surface area contributed by atoms with Crippen molar-refractivity contribution in [3.8, 4) is 0 Å². The lowest BCUT2D eigenvalue weighted by Gasteiger charge is -2.34. The van der Waals surface area contributed by atoms with Crippen LogP contribution in [0.2, 0.25) is 0 Å².